The molecule has 186 valence electrons. The summed E-state index contributed by atoms with van der Waals surface area (Å²) in [4.78, 5) is 31.4. The summed E-state index contributed by atoms with van der Waals surface area (Å²) >= 11 is 0. The number of fused-ring (bicyclic) bond motifs is 3. The predicted octanol–water partition coefficient (Wildman–Crippen LogP) is 3.52. The van der Waals surface area contributed by atoms with Gasteiger partial charge in [0, 0.05) is 12.7 Å². The number of rotatable bonds is 8. The van der Waals surface area contributed by atoms with E-state index in [2.05, 4.69) is 12.2 Å². The van der Waals surface area contributed by atoms with Crippen LogP contribution in [-0.4, -0.2) is 33.2 Å². The molecule has 9 nitrogen and oxygen atoms in total. The summed E-state index contributed by atoms with van der Waals surface area (Å²) in [5.41, 5.74) is 2.41. The summed E-state index contributed by atoms with van der Waals surface area (Å²) in [6.07, 6.45) is 5.79. The first kappa shape index (κ1) is 23.6. The first-order chi connectivity index (χ1) is 17.5. The van der Waals surface area contributed by atoms with E-state index in [1.165, 1.54) is 10.5 Å². The monoisotopic (exact) mass is 487 g/mol. The molecule has 5 rings (SSSR count). The van der Waals surface area contributed by atoms with Crippen LogP contribution in [0.5, 0.6) is 11.5 Å². The molecule has 4 heterocycles. The SMILES string of the molecule is CCCCCCNC(=O)c1cc2c(=O)n3cccc(C)c3nc2n(Cc2ccc3c(c2)OCO3)c1=N. The summed E-state index contributed by atoms with van der Waals surface area (Å²) in [6.45, 7) is 4.94. The van der Waals surface area contributed by atoms with Crippen LogP contribution in [0.3, 0.4) is 0 Å². The van der Waals surface area contributed by atoms with E-state index in [0.717, 1.165) is 36.8 Å². The van der Waals surface area contributed by atoms with Gasteiger partial charge in [-0.15, -0.1) is 0 Å². The van der Waals surface area contributed by atoms with Gasteiger partial charge in [0.25, 0.3) is 11.5 Å². The minimum Gasteiger partial charge on any atom is -0.454 e. The summed E-state index contributed by atoms with van der Waals surface area (Å²) in [6, 6.07) is 10.7. The number of unbranched alkanes of at least 4 members (excludes halogenated alkanes) is 3. The highest BCUT2D eigenvalue weighted by Gasteiger charge is 2.19. The quantitative estimate of drug-likeness (QED) is 0.292. The lowest BCUT2D eigenvalue weighted by Gasteiger charge is -2.15. The van der Waals surface area contributed by atoms with Crippen LogP contribution in [0.15, 0.2) is 47.4 Å². The average molecular weight is 488 g/mol. The van der Waals surface area contributed by atoms with Crippen molar-refractivity contribution in [1.82, 2.24) is 19.3 Å². The van der Waals surface area contributed by atoms with Crippen LogP contribution in [0.4, 0.5) is 0 Å². The number of benzene rings is 1. The predicted molar refractivity (Wildman–Crippen MR) is 136 cm³/mol. The van der Waals surface area contributed by atoms with E-state index in [1.807, 2.05) is 31.2 Å². The summed E-state index contributed by atoms with van der Waals surface area (Å²) < 4.78 is 14.0. The molecular weight excluding hydrogens is 458 g/mol. The van der Waals surface area contributed by atoms with Gasteiger partial charge in [0.1, 0.15) is 16.8 Å². The lowest BCUT2D eigenvalue weighted by molar-refractivity contribution is 0.0950. The van der Waals surface area contributed by atoms with Crippen LogP contribution in [0.1, 0.15) is 54.1 Å². The molecule has 0 radical (unpaired) electrons. The number of carbonyl (C=O) groups is 1. The van der Waals surface area contributed by atoms with Gasteiger partial charge >= 0.3 is 0 Å². The second kappa shape index (κ2) is 9.85. The highest BCUT2D eigenvalue weighted by atomic mass is 16.7. The largest absolute Gasteiger partial charge is 0.454 e. The number of nitrogens with zero attached hydrogens (tertiary/aromatic N) is 3. The molecule has 1 aromatic carbocycles. The maximum atomic E-state index is 13.5. The van der Waals surface area contributed by atoms with Crippen LogP contribution in [0.2, 0.25) is 0 Å². The zero-order valence-corrected chi connectivity index (χ0v) is 20.5. The molecule has 0 spiro atoms. The zero-order chi connectivity index (χ0) is 25.2. The zero-order valence-electron chi connectivity index (χ0n) is 20.5. The van der Waals surface area contributed by atoms with Crippen molar-refractivity contribution in [3.05, 3.63) is 75.1 Å². The Morgan fingerprint density at radius 1 is 1.11 bits per heavy atom. The third-order valence-electron chi connectivity index (χ3n) is 6.47. The van der Waals surface area contributed by atoms with Crippen molar-refractivity contribution < 1.29 is 14.3 Å². The molecule has 1 aliphatic heterocycles. The van der Waals surface area contributed by atoms with Gasteiger partial charge in [-0.25, -0.2) is 4.98 Å². The van der Waals surface area contributed by atoms with Gasteiger partial charge in [-0.3, -0.25) is 19.4 Å². The summed E-state index contributed by atoms with van der Waals surface area (Å²) in [5, 5.41) is 12.1. The number of aromatic nitrogens is 3. The van der Waals surface area contributed by atoms with E-state index in [9.17, 15) is 9.59 Å². The Labute approximate surface area is 207 Å². The second-order valence-corrected chi connectivity index (χ2v) is 9.04. The molecule has 0 fully saturated rings. The lowest BCUT2D eigenvalue weighted by atomic mass is 10.1. The van der Waals surface area contributed by atoms with Crippen LogP contribution in [0, 0.1) is 12.3 Å². The number of pyridine rings is 2. The summed E-state index contributed by atoms with van der Waals surface area (Å²) in [5.74, 6) is 0.916. The Hall–Kier alpha value is -4.14. The highest BCUT2D eigenvalue weighted by Crippen LogP contribution is 2.32. The number of nitrogens with one attached hydrogen (secondary N) is 2. The van der Waals surface area contributed by atoms with E-state index in [4.69, 9.17) is 19.9 Å². The molecule has 1 aliphatic rings. The Kier molecular flexibility index (Phi) is 6.45. The van der Waals surface area contributed by atoms with Crippen molar-refractivity contribution in [3.8, 4) is 11.5 Å². The topological polar surface area (TPSA) is 111 Å². The number of amides is 1. The van der Waals surface area contributed by atoms with Gasteiger partial charge in [0.15, 0.2) is 11.5 Å². The number of hydrogen-bond donors (Lipinski definition) is 2. The fourth-order valence-corrected chi connectivity index (χ4v) is 4.49. The molecule has 36 heavy (non-hydrogen) atoms. The molecule has 2 N–H and O–H groups in total. The Bertz CT molecular complexity index is 1590. The molecule has 0 saturated heterocycles. The van der Waals surface area contributed by atoms with Crippen molar-refractivity contribution in [2.24, 2.45) is 0 Å². The fourth-order valence-electron chi connectivity index (χ4n) is 4.49. The van der Waals surface area contributed by atoms with E-state index in [1.54, 1.807) is 16.8 Å². The standard InChI is InChI=1S/C27H29N5O4/c1-3-4-5-6-11-29-26(33)19-14-20-25(30-24-17(2)8-7-12-31(24)27(20)34)32(23(19)28)15-18-9-10-21-22(13-18)36-16-35-21/h7-10,12-14,28H,3-6,11,15-16H2,1-2H3,(H,29,33). The molecule has 0 atom stereocenters. The third-order valence-corrected chi connectivity index (χ3v) is 6.47. The van der Waals surface area contributed by atoms with Crippen molar-refractivity contribution >= 4 is 22.6 Å². The molecule has 9 heteroatoms. The van der Waals surface area contributed by atoms with Crippen LogP contribution in [0.25, 0.3) is 16.7 Å². The van der Waals surface area contributed by atoms with Crippen LogP contribution >= 0.6 is 0 Å². The minimum atomic E-state index is -0.369. The number of ether oxygens (including phenoxy) is 2. The molecule has 1 amide bonds. The van der Waals surface area contributed by atoms with Gasteiger partial charge in [-0.05, 0) is 48.7 Å². The molecule has 4 aromatic rings. The van der Waals surface area contributed by atoms with Crippen molar-refractivity contribution in [2.75, 3.05) is 13.3 Å². The smallest absolute Gasteiger partial charge is 0.267 e. The number of hydrogen-bond acceptors (Lipinski definition) is 6. The molecule has 3 aromatic heterocycles. The lowest BCUT2D eigenvalue weighted by Crippen LogP contribution is -2.35. The normalized spacial score (nSPS) is 12.4. The van der Waals surface area contributed by atoms with E-state index < -0.39 is 0 Å². The maximum Gasteiger partial charge on any atom is 0.267 e. The van der Waals surface area contributed by atoms with Gasteiger partial charge in [0.05, 0.1) is 17.5 Å². The number of carbonyl (C=O) groups excluding carboxylic acids is 1. The van der Waals surface area contributed by atoms with E-state index in [0.29, 0.717) is 29.3 Å². The molecule has 0 aliphatic carbocycles. The van der Waals surface area contributed by atoms with E-state index >= 15 is 0 Å². The maximum absolute atomic E-state index is 13.5. The molecule has 0 saturated carbocycles. The third kappa shape index (κ3) is 4.32. The average Bonchev–Trinajstić information content (AvgIpc) is 3.34. The van der Waals surface area contributed by atoms with Crippen molar-refractivity contribution in [2.45, 2.75) is 46.1 Å². The van der Waals surface area contributed by atoms with Gasteiger partial charge in [-0.1, -0.05) is 38.3 Å². The summed E-state index contributed by atoms with van der Waals surface area (Å²) in [7, 11) is 0. The molecular formula is C27H29N5O4. The number of aryl methyl sites for hydroxylation is 1. The van der Waals surface area contributed by atoms with Gasteiger partial charge in [0.2, 0.25) is 6.79 Å². The Morgan fingerprint density at radius 2 is 1.94 bits per heavy atom. The van der Waals surface area contributed by atoms with Crippen LogP contribution in [-0.2, 0) is 6.54 Å². The Morgan fingerprint density at radius 3 is 2.78 bits per heavy atom. The fraction of sp³-hybridized carbons (Fsp3) is 0.333. The van der Waals surface area contributed by atoms with Gasteiger partial charge < -0.3 is 19.4 Å². The van der Waals surface area contributed by atoms with E-state index in [-0.39, 0.29) is 41.2 Å². The second-order valence-electron chi connectivity index (χ2n) is 9.04. The van der Waals surface area contributed by atoms with Crippen molar-refractivity contribution in [3.63, 3.8) is 0 Å². The highest BCUT2D eigenvalue weighted by molar-refractivity contribution is 5.96. The van der Waals surface area contributed by atoms with Crippen molar-refractivity contribution in [1.29, 1.82) is 5.41 Å². The molecule has 0 unspecified atom stereocenters. The minimum absolute atomic E-state index is 0.00365. The Balaban J connectivity index is 1.64. The van der Waals surface area contributed by atoms with Gasteiger partial charge in [-0.2, -0.15) is 0 Å². The first-order valence-electron chi connectivity index (χ1n) is 12.2. The first-order valence-corrected chi connectivity index (χ1v) is 12.2. The van der Waals surface area contributed by atoms with Crippen LogP contribution < -0.4 is 25.8 Å². The molecule has 0 bridgehead atoms.